The Kier molecular flexibility index (Phi) is 6.06. The lowest BCUT2D eigenvalue weighted by atomic mass is 9.79. The molecule has 1 heterocycles. The number of hydrogen-bond donors (Lipinski definition) is 1. The molecule has 0 aromatic carbocycles. The lowest BCUT2D eigenvalue weighted by molar-refractivity contribution is -0.151. The number of carboxylic acids is 1. The third-order valence-corrected chi connectivity index (χ3v) is 5.69. The first kappa shape index (κ1) is 16.8. The fourth-order valence-corrected chi connectivity index (χ4v) is 4.13. The van der Waals surface area contributed by atoms with E-state index in [-0.39, 0.29) is 0 Å². The molecule has 0 aromatic heterocycles. The number of aliphatic carboxylic acids is 1. The normalized spacial score (nSPS) is 24.9. The Morgan fingerprint density at radius 3 is 2.24 bits per heavy atom. The zero-order chi connectivity index (χ0) is 15.3. The van der Waals surface area contributed by atoms with E-state index in [0.29, 0.717) is 6.04 Å². The molecule has 0 unspecified atom stereocenters. The second-order valence-corrected chi connectivity index (χ2v) is 7.08. The molecule has 4 heteroatoms. The van der Waals surface area contributed by atoms with Crippen LogP contribution in [-0.2, 0) is 4.79 Å². The van der Waals surface area contributed by atoms with Crippen molar-refractivity contribution < 1.29 is 9.90 Å². The minimum absolute atomic E-state index is 0.493. The van der Waals surface area contributed by atoms with Crippen molar-refractivity contribution in [1.82, 2.24) is 9.80 Å². The van der Waals surface area contributed by atoms with Gasteiger partial charge in [-0.3, -0.25) is 4.79 Å². The number of hydrogen-bond acceptors (Lipinski definition) is 3. The van der Waals surface area contributed by atoms with Gasteiger partial charge in [0.15, 0.2) is 0 Å². The molecule has 0 atom stereocenters. The van der Waals surface area contributed by atoms with Crippen LogP contribution >= 0.6 is 0 Å². The predicted molar refractivity (Wildman–Crippen MR) is 85.5 cm³/mol. The van der Waals surface area contributed by atoms with E-state index >= 15 is 0 Å². The van der Waals surface area contributed by atoms with Crippen LogP contribution in [0, 0.1) is 5.41 Å². The van der Waals surface area contributed by atoms with Crippen molar-refractivity contribution in [3.8, 4) is 0 Å². The topological polar surface area (TPSA) is 43.8 Å². The van der Waals surface area contributed by atoms with Gasteiger partial charge >= 0.3 is 5.97 Å². The molecule has 0 amide bonds. The fourth-order valence-electron chi connectivity index (χ4n) is 4.13. The standard InChI is InChI=1S/C17H32N2O2/c1-3-19-12-8-15(9-13-19)18(2)14-17(16(20)21)10-6-4-5-7-11-17/h15H,3-14H2,1-2H3,(H,20,21). The molecular formula is C17H32N2O2. The van der Waals surface area contributed by atoms with E-state index in [1.54, 1.807) is 0 Å². The van der Waals surface area contributed by atoms with Crippen LogP contribution in [0.5, 0.6) is 0 Å². The highest BCUT2D eigenvalue weighted by Gasteiger charge is 2.40. The van der Waals surface area contributed by atoms with Gasteiger partial charge in [-0.15, -0.1) is 0 Å². The molecule has 0 spiro atoms. The minimum atomic E-state index is -0.567. The van der Waals surface area contributed by atoms with Gasteiger partial charge in [0.25, 0.3) is 0 Å². The Hall–Kier alpha value is -0.610. The van der Waals surface area contributed by atoms with E-state index in [1.807, 2.05) is 0 Å². The quantitative estimate of drug-likeness (QED) is 0.792. The number of piperidine rings is 1. The zero-order valence-corrected chi connectivity index (χ0v) is 13.8. The van der Waals surface area contributed by atoms with Crippen LogP contribution in [-0.4, -0.2) is 60.1 Å². The molecule has 1 saturated carbocycles. The molecule has 21 heavy (non-hydrogen) atoms. The number of rotatable bonds is 5. The van der Waals surface area contributed by atoms with Gasteiger partial charge < -0.3 is 14.9 Å². The molecule has 122 valence electrons. The van der Waals surface area contributed by atoms with Crippen LogP contribution < -0.4 is 0 Å². The summed E-state index contributed by atoms with van der Waals surface area (Å²) in [6, 6.07) is 0.562. The molecule has 1 aliphatic heterocycles. The van der Waals surface area contributed by atoms with Crippen molar-refractivity contribution in [2.24, 2.45) is 5.41 Å². The molecule has 1 N–H and O–H groups in total. The van der Waals surface area contributed by atoms with Crippen molar-refractivity contribution in [2.45, 2.75) is 64.3 Å². The fraction of sp³-hybridized carbons (Fsp3) is 0.941. The zero-order valence-electron chi connectivity index (χ0n) is 13.8. The van der Waals surface area contributed by atoms with E-state index in [1.165, 1.54) is 25.7 Å². The summed E-state index contributed by atoms with van der Waals surface area (Å²) in [6.45, 7) is 6.40. The Morgan fingerprint density at radius 2 is 1.76 bits per heavy atom. The SMILES string of the molecule is CCN1CCC(N(C)CC2(C(=O)O)CCCCCC2)CC1. The summed E-state index contributed by atoms with van der Waals surface area (Å²) in [7, 11) is 2.14. The molecule has 0 bridgehead atoms. The molecule has 2 aliphatic rings. The van der Waals surface area contributed by atoms with Gasteiger partial charge in [-0.2, -0.15) is 0 Å². The summed E-state index contributed by atoms with van der Waals surface area (Å²) in [5.74, 6) is -0.567. The van der Waals surface area contributed by atoms with E-state index < -0.39 is 11.4 Å². The van der Waals surface area contributed by atoms with E-state index in [9.17, 15) is 9.90 Å². The van der Waals surface area contributed by atoms with E-state index in [4.69, 9.17) is 0 Å². The molecule has 2 rings (SSSR count). The third-order valence-electron chi connectivity index (χ3n) is 5.69. The Bertz CT molecular complexity index is 330. The van der Waals surface area contributed by atoms with Crippen molar-refractivity contribution in [3.63, 3.8) is 0 Å². The van der Waals surface area contributed by atoms with Gasteiger partial charge in [-0.25, -0.2) is 0 Å². The monoisotopic (exact) mass is 296 g/mol. The Morgan fingerprint density at radius 1 is 1.19 bits per heavy atom. The number of carbonyl (C=O) groups is 1. The highest BCUT2D eigenvalue weighted by Crippen LogP contribution is 2.37. The summed E-state index contributed by atoms with van der Waals surface area (Å²) in [5.41, 5.74) is -0.493. The van der Waals surface area contributed by atoms with Crippen LogP contribution in [0.4, 0.5) is 0 Å². The minimum Gasteiger partial charge on any atom is -0.481 e. The number of likely N-dealkylation sites (tertiary alicyclic amines) is 1. The summed E-state index contributed by atoms with van der Waals surface area (Å²) < 4.78 is 0. The maximum atomic E-state index is 11.9. The molecule has 0 radical (unpaired) electrons. The van der Waals surface area contributed by atoms with Crippen LogP contribution in [0.2, 0.25) is 0 Å². The average Bonchev–Trinajstić information content (AvgIpc) is 2.74. The van der Waals surface area contributed by atoms with Crippen LogP contribution in [0.3, 0.4) is 0 Å². The molecule has 1 saturated heterocycles. The van der Waals surface area contributed by atoms with Crippen LogP contribution in [0.25, 0.3) is 0 Å². The van der Waals surface area contributed by atoms with Gasteiger partial charge in [0.1, 0.15) is 0 Å². The van der Waals surface area contributed by atoms with Crippen molar-refractivity contribution in [2.75, 3.05) is 33.2 Å². The molecule has 1 aliphatic carbocycles. The average molecular weight is 296 g/mol. The summed E-state index contributed by atoms with van der Waals surface area (Å²) in [6.07, 6.45) is 8.64. The highest BCUT2D eigenvalue weighted by molar-refractivity contribution is 5.75. The largest absolute Gasteiger partial charge is 0.481 e. The predicted octanol–water partition coefficient (Wildman–Crippen LogP) is 2.83. The Labute approximate surface area is 129 Å². The summed E-state index contributed by atoms with van der Waals surface area (Å²) in [4.78, 5) is 16.8. The van der Waals surface area contributed by atoms with Gasteiger partial charge in [-0.05, 0) is 52.4 Å². The van der Waals surface area contributed by atoms with Gasteiger partial charge in [-0.1, -0.05) is 32.6 Å². The van der Waals surface area contributed by atoms with Crippen molar-refractivity contribution in [1.29, 1.82) is 0 Å². The number of nitrogens with zero attached hydrogens (tertiary/aromatic N) is 2. The highest BCUT2D eigenvalue weighted by atomic mass is 16.4. The number of carboxylic acid groups (broad SMARTS) is 1. The van der Waals surface area contributed by atoms with Crippen LogP contribution in [0.1, 0.15) is 58.3 Å². The Balaban J connectivity index is 1.95. The van der Waals surface area contributed by atoms with Crippen molar-refractivity contribution in [3.05, 3.63) is 0 Å². The van der Waals surface area contributed by atoms with E-state index in [0.717, 1.165) is 51.9 Å². The lowest BCUT2D eigenvalue weighted by Crippen LogP contribution is -2.49. The van der Waals surface area contributed by atoms with Gasteiger partial charge in [0, 0.05) is 12.6 Å². The molecule has 2 fully saturated rings. The first-order valence-electron chi connectivity index (χ1n) is 8.73. The third kappa shape index (κ3) is 4.19. The van der Waals surface area contributed by atoms with Crippen LogP contribution in [0.15, 0.2) is 0 Å². The van der Waals surface area contributed by atoms with Crippen molar-refractivity contribution >= 4 is 5.97 Å². The van der Waals surface area contributed by atoms with Gasteiger partial charge in [0.2, 0.25) is 0 Å². The molecular weight excluding hydrogens is 264 g/mol. The molecule has 4 nitrogen and oxygen atoms in total. The lowest BCUT2D eigenvalue weighted by Gasteiger charge is -2.40. The second-order valence-electron chi connectivity index (χ2n) is 7.08. The maximum absolute atomic E-state index is 11.9. The van der Waals surface area contributed by atoms with Gasteiger partial charge in [0.05, 0.1) is 5.41 Å². The smallest absolute Gasteiger partial charge is 0.310 e. The maximum Gasteiger partial charge on any atom is 0.310 e. The first-order chi connectivity index (χ1) is 10.1. The second kappa shape index (κ2) is 7.59. The first-order valence-corrected chi connectivity index (χ1v) is 8.73. The summed E-state index contributed by atoms with van der Waals surface area (Å²) >= 11 is 0. The molecule has 0 aromatic rings. The summed E-state index contributed by atoms with van der Waals surface area (Å²) in [5, 5.41) is 9.81. The van der Waals surface area contributed by atoms with E-state index in [2.05, 4.69) is 23.8 Å².